The number of rotatable bonds is 30. The van der Waals surface area contributed by atoms with Crippen molar-refractivity contribution in [2.24, 2.45) is 0 Å². The molecule has 3 nitrogen and oxygen atoms in total. The summed E-state index contributed by atoms with van der Waals surface area (Å²) in [7, 11) is 0. The van der Waals surface area contributed by atoms with Crippen molar-refractivity contribution >= 4 is 12.3 Å². The minimum absolute atomic E-state index is 0.110. The highest BCUT2D eigenvalue weighted by atomic mass is 16.5. The van der Waals surface area contributed by atoms with Crippen molar-refractivity contribution in [1.29, 1.82) is 0 Å². The standard InChI is InChI=1S/C33H64O3/c1-3-5-7-9-11-12-13-14-15-16-17-18-19-20-21-23-25-27-29-33(35)36-32(30-31-34)28-26-24-22-10-8-6-4-2/h31-32H,3-30H2,1-2H3. The quantitative estimate of drug-likeness (QED) is 0.0550. The molecule has 0 saturated carbocycles. The Morgan fingerprint density at radius 3 is 1.22 bits per heavy atom. The summed E-state index contributed by atoms with van der Waals surface area (Å²) in [4.78, 5) is 23.1. The largest absolute Gasteiger partial charge is 0.462 e. The summed E-state index contributed by atoms with van der Waals surface area (Å²) >= 11 is 0. The smallest absolute Gasteiger partial charge is 0.306 e. The summed E-state index contributed by atoms with van der Waals surface area (Å²) in [5.41, 5.74) is 0. The lowest BCUT2D eigenvalue weighted by atomic mass is 10.0. The maximum Gasteiger partial charge on any atom is 0.306 e. The van der Waals surface area contributed by atoms with Crippen LogP contribution >= 0.6 is 0 Å². The second kappa shape index (κ2) is 30.4. The lowest BCUT2D eigenvalue weighted by Gasteiger charge is -2.15. The molecule has 0 spiro atoms. The molecular formula is C33H64O3. The molecule has 0 saturated heterocycles. The van der Waals surface area contributed by atoms with Crippen molar-refractivity contribution < 1.29 is 14.3 Å². The second-order valence-corrected chi connectivity index (χ2v) is 11.2. The van der Waals surface area contributed by atoms with E-state index in [1.807, 2.05) is 0 Å². The lowest BCUT2D eigenvalue weighted by molar-refractivity contribution is -0.150. The third-order valence-electron chi connectivity index (χ3n) is 7.52. The molecule has 1 unspecified atom stereocenters. The molecular weight excluding hydrogens is 444 g/mol. The van der Waals surface area contributed by atoms with Gasteiger partial charge in [0.2, 0.25) is 0 Å². The summed E-state index contributed by atoms with van der Waals surface area (Å²) in [6, 6.07) is 0. The first-order valence-electron chi connectivity index (χ1n) is 16.4. The Kier molecular flexibility index (Phi) is 29.6. The number of carbonyl (C=O) groups excluding carboxylic acids is 2. The van der Waals surface area contributed by atoms with Crippen LogP contribution in [0.1, 0.15) is 194 Å². The van der Waals surface area contributed by atoms with Crippen LogP contribution in [0.25, 0.3) is 0 Å². The first kappa shape index (κ1) is 35.1. The Morgan fingerprint density at radius 1 is 0.528 bits per heavy atom. The molecule has 0 bridgehead atoms. The number of unbranched alkanes of at least 4 members (excludes halogenated alkanes) is 23. The van der Waals surface area contributed by atoms with Gasteiger partial charge in [-0.1, -0.05) is 162 Å². The summed E-state index contributed by atoms with van der Waals surface area (Å²) in [5.74, 6) is -0.110. The van der Waals surface area contributed by atoms with Crippen molar-refractivity contribution in [1.82, 2.24) is 0 Å². The van der Waals surface area contributed by atoms with E-state index in [-0.39, 0.29) is 12.1 Å². The van der Waals surface area contributed by atoms with Crippen molar-refractivity contribution in [3.8, 4) is 0 Å². The first-order valence-corrected chi connectivity index (χ1v) is 16.4. The molecule has 0 aliphatic carbocycles. The molecule has 1 atom stereocenters. The Labute approximate surface area is 226 Å². The van der Waals surface area contributed by atoms with Crippen LogP contribution in [0.3, 0.4) is 0 Å². The Morgan fingerprint density at radius 2 is 0.861 bits per heavy atom. The lowest BCUT2D eigenvalue weighted by Crippen LogP contribution is -2.18. The minimum Gasteiger partial charge on any atom is -0.462 e. The predicted molar refractivity (Wildman–Crippen MR) is 157 cm³/mol. The van der Waals surface area contributed by atoms with Crippen molar-refractivity contribution in [2.45, 2.75) is 200 Å². The number of ether oxygens (including phenoxy) is 1. The third-order valence-corrected chi connectivity index (χ3v) is 7.52. The van der Waals surface area contributed by atoms with Crippen molar-refractivity contribution in [3.63, 3.8) is 0 Å². The Balaban J connectivity index is 3.43. The van der Waals surface area contributed by atoms with E-state index in [0.717, 1.165) is 32.0 Å². The fourth-order valence-corrected chi connectivity index (χ4v) is 5.08. The van der Waals surface area contributed by atoms with Crippen LogP contribution < -0.4 is 0 Å². The molecule has 0 N–H and O–H groups in total. The van der Waals surface area contributed by atoms with Crippen LogP contribution in [-0.4, -0.2) is 18.4 Å². The molecule has 0 aromatic rings. The normalized spacial score (nSPS) is 12.1. The van der Waals surface area contributed by atoms with Gasteiger partial charge < -0.3 is 9.53 Å². The van der Waals surface area contributed by atoms with Crippen LogP contribution in [0.2, 0.25) is 0 Å². The second-order valence-electron chi connectivity index (χ2n) is 11.2. The van der Waals surface area contributed by atoms with E-state index >= 15 is 0 Å². The molecule has 0 rings (SSSR count). The molecule has 0 aliphatic rings. The summed E-state index contributed by atoms with van der Waals surface area (Å²) in [6.45, 7) is 4.52. The van der Waals surface area contributed by atoms with Gasteiger partial charge >= 0.3 is 5.97 Å². The number of aldehydes is 1. The topological polar surface area (TPSA) is 43.4 Å². The van der Waals surface area contributed by atoms with Gasteiger partial charge in [-0.05, 0) is 19.3 Å². The van der Waals surface area contributed by atoms with Gasteiger partial charge in [-0.2, -0.15) is 0 Å². The maximum absolute atomic E-state index is 12.2. The Hall–Kier alpha value is -0.860. The molecule has 0 aromatic heterocycles. The fraction of sp³-hybridized carbons (Fsp3) is 0.939. The molecule has 0 fully saturated rings. The zero-order chi connectivity index (χ0) is 26.4. The van der Waals surface area contributed by atoms with Crippen LogP contribution in [0.15, 0.2) is 0 Å². The molecule has 0 radical (unpaired) electrons. The molecule has 0 aromatic carbocycles. The highest BCUT2D eigenvalue weighted by Gasteiger charge is 2.13. The number of carbonyl (C=O) groups is 2. The van der Waals surface area contributed by atoms with E-state index in [4.69, 9.17) is 4.74 Å². The summed E-state index contributed by atoms with van der Waals surface area (Å²) < 4.78 is 5.60. The van der Waals surface area contributed by atoms with Gasteiger partial charge in [0.1, 0.15) is 12.4 Å². The Bertz CT molecular complexity index is 448. The minimum atomic E-state index is -0.207. The molecule has 3 heteroatoms. The first-order chi connectivity index (χ1) is 17.7. The van der Waals surface area contributed by atoms with Gasteiger partial charge in [0.15, 0.2) is 0 Å². The number of hydrogen-bond donors (Lipinski definition) is 0. The van der Waals surface area contributed by atoms with Gasteiger partial charge in [0.05, 0.1) is 0 Å². The van der Waals surface area contributed by atoms with E-state index in [9.17, 15) is 9.59 Å². The predicted octanol–water partition coefficient (Wildman–Crippen LogP) is 11.1. The summed E-state index contributed by atoms with van der Waals surface area (Å²) in [6.07, 6.45) is 35.4. The van der Waals surface area contributed by atoms with Crippen LogP contribution in [0.4, 0.5) is 0 Å². The van der Waals surface area contributed by atoms with E-state index in [2.05, 4.69) is 13.8 Å². The molecule has 36 heavy (non-hydrogen) atoms. The van der Waals surface area contributed by atoms with Crippen LogP contribution in [0.5, 0.6) is 0 Å². The zero-order valence-corrected chi connectivity index (χ0v) is 24.7. The zero-order valence-electron chi connectivity index (χ0n) is 24.7. The summed E-state index contributed by atoms with van der Waals surface area (Å²) in [5, 5.41) is 0. The van der Waals surface area contributed by atoms with Gasteiger partial charge in [-0.3, -0.25) is 4.79 Å². The average Bonchev–Trinajstić information content (AvgIpc) is 2.87. The maximum atomic E-state index is 12.2. The third kappa shape index (κ3) is 27.7. The van der Waals surface area contributed by atoms with Gasteiger partial charge in [-0.25, -0.2) is 0 Å². The van der Waals surface area contributed by atoms with E-state index in [1.54, 1.807) is 0 Å². The van der Waals surface area contributed by atoms with E-state index < -0.39 is 0 Å². The van der Waals surface area contributed by atoms with Gasteiger partial charge in [0.25, 0.3) is 0 Å². The van der Waals surface area contributed by atoms with E-state index in [1.165, 1.54) is 141 Å². The fourth-order valence-electron chi connectivity index (χ4n) is 5.08. The van der Waals surface area contributed by atoms with Crippen molar-refractivity contribution in [3.05, 3.63) is 0 Å². The highest BCUT2D eigenvalue weighted by Crippen LogP contribution is 2.16. The molecule has 0 heterocycles. The number of esters is 1. The SMILES string of the molecule is CCCCCCCCCCCCCCCCCCCCC(=O)OC(CC=O)CCCCCCCCC. The van der Waals surface area contributed by atoms with E-state index in [0.29, 0.717) is 12.8 Å². The molecule has 0 amide bonds. The van der Waals surface area contributed by atoms with Crippen LogP contribution in [0, 0.1) is 0 Å². The highest BCUT2D eigenvalue weighted by molar-refractivity contribution is 5.69. The number of hydrogen-bond acceptors (Lipinski definition) is 3. The average molecular weight is 509 g/mol. The van der Waals surface area contributed by atoms with Crippen LogP contribution in [-0.2, 0) is 14.3 Å². The van der Waals surface area contributed by atoms with Crippen molar-refractivity contribution in [2.75, 3.05) is 0 Å². The molecule has 0 aliphatic heterocycles. The van der Waals surface area contributed by atoms with Gasteiger partial charge in [0, 0.05) is 12.8 Å². The van der Waals surface area contributed by atoms with Gasteiger partial charge in [-0.15, -0.1) is 0 Å². The monoisotopic (exact) mass is 508 g/mol. The molecule has 214 valence electrons.